The van der Waals surface area contributed by atoms with Crippen molar-refractivity contribution in [3.8, 4) is 5.75 Å². The summed E-state index contributed by atoms with van der Waals surface area (Å²) in [4.78, 5) is 17.9. The van der Waals surface area contributed by atoms with Crippen molar-refractivity contribution in [3.05, 3.63) is 102 Å². The third-order valence-electron chi connectivity index (χ3n) is 4.40. The number of rotatable bonds is 6. The van der Waals surface area contributed by atoms with Crippen LogP contribution >= 0.6 is 0 Å². The number of phenols is 1. The quantitative estimate of drug-likeness (QED) is 0.457. The summed E-state index contributed by atoms with van der Waals surface area (Å²) < 4.78 is 5.67. The fraction of sp³-hybridized carbons (Fsp3) is 0.231. The maximum atomic E-state index is 13.1. The van der Waals surface area contributed by atoms with E-state index >= 15 is 0 Å². The van der Waals surface area contributed by atoms with Gasteiger partial charge < -0.3 is 9.84 Å². The van der Waals surface area contributed by atoms with Crippen molar-refractivity contribution in [2.24, 2.45) is 4.99 Å². The topological polar surface area (TPSA) is 58.9 Å². The first-order valence-corrected chi connectivity index (χ1v) is 10.0. The van der Waals surface area contributed by atoms with Crippen molar-refractivity contribution in [2.45, 2.75) is 38.8 Å². The number of aliphatic imine (C=N–C) groups is 1. The van der Waals surface area contributed by atoms with Gasteiger partial charge in [0.2, 0.25) is 0 Å². The molecule has 4 nitrogen and oxygen atoms in total. The summed E-state index contributed by atoms with van der Waals surface area (Å²) in [5.41, 5.74) is 2.77. The second kappa shape index (κ2) is 9.40. The lowest BCUT2D eigenvalue weighted by Gasteiger charge is -2.23. The van der Waals surface area contributed by atoms with Crippen LogP contribution in [0.15, 0.2) is 89.9 Å². The lowest BCUT2D eigenvalue weighted by atomic mass is 10.0. The Labute approximate surface area is 177 Å². The van der Waals surface area contributed by atoms with Gasteiger partial charge in [0.1, 0.15) is 11.4 Å². The van der Waals surface area contributed by atoms with Crippen LogP contribution in [0.1, 0.15) is 37.5 Å². The Bertz CT molecular complexity index is 964. The highest BCUT2D eigenvalue weighted by molar-refractivity contribution is 6.13. The fourth-order valence-corrected chi connectivity index (χ4v) is 3.12. The number of ether oxygens (including phenoxy) is 1. The molecule has 1 atom stereocenters. The fourth-order valence-electron chi connectivity index (χ4n) is 3.12. The monoisotopic (exact) mass is 401 g/mol. The minimum absolute atomic E-state index is 0.158. The lowest BCUT2D eigenvalue weighted by molar-refractivity contribution is -0.156. The molecule has 30 heavy (non-hydrogen) atoms. The summed E-state index contributed by atoms with van der Waals surface area (Å²) in [6, 6.07) is 25.8. The largest absolute Gasteiger partial charge is 0.508 e. The molecule has 0 aliphatic carbocycles. The lowest BCUT2D eigenvalue weighted by Crippen LogP contribution is -2.33. The molecule has 1 unspecified atom stereocenters. The molecule has 0 radical (unpaired) electrons. The van der Waals surface area contributed by atoms with Crippen LogP contribution in [-0.2, 0) is 16.0 Å². The molecular weight excluding hydrogens is 374 g/mol. The predicted octanol–water partition coefficient (Wildman–Crippen LogP) is 5.18. The molecule has 0 saturated heterocycles. The van der Waals surface area contributed by atoms with E-state index in [-0.39, 0.29) is 5.75 Å². The number of phenolic OH excluding ortho intramolecular Hbond substituents is 1. The van der Waals surface area contributed by atoms with Crippen molar-refractivity contribution in [3.63, 3.8) is 0 Å². The Hall–Kier alpha value is -3.40. The van der Waals surface area contributed by atoms with Gasteiger partial charge in [0.15, 0.2) is 6.04 Å². The summed E-state index contributed by atoms with van der Waals surface area (Å²) in [5, 5.41) is 9.84. The first-order chi connectivity index (χ1) is 14.3. The highest BCUT2D eigenvalue weighted by Gasteiger charge is 2.26. The highest BCUT2D eigenvalue weighted by Crippen LogP contribution is 2.19. The molecule has 0 aliphatic rings. The van der Waals surface area contributed by atoms with Crippen molar-refractivity contribution < 1.29 is 14.6 Å². The van der Waals surface area contributed by atoms with Crippen molar-refractivity contribution >= 4 is 11.7 Å². The summed E-state index contributed by atoms with van der Waals surface area (Å²) in [6.45, 7) is 5.53. The highest BCUT2D eigenvalue weighted by atomic mass is 16.6. The van der Waals surface area contributed by atoms with E-state index in [1.54, 1.807) is 18.2 Å². The van der Waals surface area contributed by atoms with Crippen LogP contribution in [-0.4, -0.2) is 28.4 Å². The van der Waals surface area contributed by atoms with Crippen molar-refractivity contribution in [1.29, 1.82) is 0 Å². The van der Waals surface area contributed by atoms with Crippen LogP contribution in [0.3, 0.4) is 0 Å². The number of carbonyl (C=O) groups is 1. The number of benzene rings is 3. The van der Waals surface area contributed by atoms with Gasteiger partial charge in [0, 0.05) is 17.5 Å². The zero-order valence-electron chi connectivity index (χ0n) is 17.6. The van der Waals surface area contributed by atoms with Crippen molar-refractivity contribution in [2.75, 3.05) is 0 Å². The molecule has 0 saturated carbocycles. The number of esters is 1. The van der Waals surface area contributed by atoms with E-state index in [1.807, 2.05) is 87.5 Å². The average molecular weight is 402 g/mol. The number of carbonyl (C=O) groups excluding carboxylic acids is 1. The number of hydrogen-bond donors (Lipinski definition) is 1. The standard InChI is InChI=1S/C26H27NO3/c1-26(2,3)30-25(29)23(18-19-11-10-16-22(28)17-19)27-24(20-12-6-4-7-13-20)21-14-8-5-9-15-21/h4-17,23,28H,18H2,1-3H3. The molecule has 3 aromatic carbocycles. The van der Waals surface area contributed by atoms with Gasteiger partial charge >= 0.3 is 5.97 Å². The number of aromatic hydroxyl groups is 1. The normalized spacial score (nSPS) is 12.1. The van der Waals surface area contributed by atoms with Crippen LogP contribution in [0.5, 0.6) is 5.75 Å². The van der Waals surface area contributed by atoms with Crippen LogP contribution in [0, 0.1) is 0 Å². The minimum Gasteiger partial charge on any atom is -0.508 e. The summed E-state index contributed by atoms with van der Waals surface area (Å²) in [5.74, 6) is -0.235. The zero-order chi connectivity index (χ0) is 21.6. The molecule has 3 rings (SSSR count). The smallest absolute Gasteiger partial charge is 0.331 e. The molecule has 0 bridgehead atoms. The van der Waals surface area contributed by atoms with E-state index in [9.17, 15) is 9.90 Å². The van der Waals surface area contributed by atoms with E-state index in [4.69, 9.17) is 9.73 Å². The van der Waals surface area contributed by atoms with E-state index < -0.39 is 17.6 Å². The molecule has 4 heteroatoms. The SMILES string of the molecule is CC(C)(C)OC(=O)C(Cc1cccc(O)c1)N=C(c1ccccc1)c1ccccc1. The molecule has 0 amide bonds. The second-order valence-corrected chi connectivity index (χ2v) is 8.13. The molecule has 0 heterocycles. The molecule has 0 aromatic heterocycles. The summed E-state index contributed by atoms with van der Waals surface area (Å²) >= 11 is 0. The number of nitrogens with zero attached hydrogens (tertiary/aromatic N) is 1. The van der Waals surface area contributed by atoms with Crippen molar-refractivity contribution in [1.82, 2.24) is 0 Å². The Kier molecular flexibility index (Phi) is 6.68. The Morgan fingerprint density at radius 1 is 0.900 bits per heavy atom. The minimum atomic E-state index is -0.749. The van der Waals surface area contributed by atoms with E-state index in [0.717, 1.165) is 22.4 Å². The van der Waals surface area contributed by atoms with E-state index in [1.165, 1.54) is 0 Å². The predicted molar refractivity (Wildman–Crippen MR) is 120 cm³/mol. The molecule has 0 aliphatic heterocycles. The molecule has 3 aromatic rings. The van der Waals surface area contributed by atoms with Gasteiger partial charge in [-0.1, -0.05) is 72.8 Å². The molecule has 0 fully saturated rings. The number of hydrogen-bond acceptors (Lipinski definition) is 4. The summed E-state index contributed by atoms with van der Waals surface area (Å²) in [7, 11) is 0. The molecular formula is C26H27NO3. The van der Waals surface area contributed by atoms with Crippen LogP contribution < -0.4 is 0 Å². The Balaban J connectivity index is 2.06. The van der Waals surface area contributed by atoms with Crippen LogP contribution in [0.4, 0.5) is 0 Å². The average Bonchev–Trinajstić information content (AvgIpc) is 2.71. The summed E-state index contributed by atoms with van der Waals surface area (Å²) in [6.07, 6.45) is 0.326. The first kappa shape index (κ1) is 21.3. The van der Waals surface area contributed by atoms with E-state index in [0.29, 0.717) is 6.42 Å². The first-order valence-electron chi connectivity index (χ1n) is 10.0. The third kappa shape index (κ3) is 6.05. The molecule has 1 N–H and O–H groups in total. The van der Waals surface area contributed by atoms with Gasteiger partial charge in [-0.15, -0.1) is 0 Å². The maximum absolute atomic E-state index is 13.1. The maximum Gasteiger partial charge on any atom is 0.331 e. The van der Waals surface area contributed by atoms with Gasteiger partial charge in [0.05, 0.1) is 5.71 Å². The zero-order valence-corrected chi connectivity index (χ0v) is 17.6. The van der Waals surface area contributed by atoms with Crippen LogP contribution in [0.2, 0.25) is 0 Å². The van der Waals surface area contributed by atoms with Gasteiger partial charge in [-0.25, -0.2) is 4.79 Å². The Morgan fingerprint density at radius 3 is 1.97 bits per heavy atom. The second-order valence-electron chi connectivity index (χ2n) is 8.13. The molecule has 0 spiro atoms. The van der Waals surface area contributed by atoms with Gasteiger partial charge in [-0.05, 0) is 38.5 Å². The van der Waals surface area contributed by atoms with Gasteiger partial charge in [-0.2, -0.15) is 0 Å². The van der Waals surface area contributed by atoms with Gasteiger partial charge in [-0.3, -0.25) is 4.99 Å². The van der Waals surface area contributed by atoms with E-state index in [2.05, 4.69) is 0 Å². The third-order valence-corrected chi connectivity index (χ3v) is 4.40. The Morgan fingerprint density at radius 2 is 1.47 bits per heavy atom. The van der Waals surface area contributed by atoms with Gasteiger partial charge in [0.25, 0.3) is 0 Å². The molecule has 154 valence electrons. The van der Waals surface area contributed by atoms with Crippen LogP contribution in [0.25, 0.3) is 0 Å².